The van der Waals surface area contributed by atoms with E-state index >= 15 is 0 Å². The summed E-state index contributed by atoms with van der Waals surface area (Å²) in [5.41, 5.74) is 1.04. The topological polar surface area (TPSA) is 61.4 Å². The van der Waals surface area contributed by atoms with Gasteiger partial charge in [-0.05, 0) is 19.1 Å². The highest BCUT2D eigenvalue weighted by Crippen LogP contribution is 2.35. The van der Waals surface area contributed by atoms with Gasteiger partial charge in [-0.3, -0.25) is 4.79 Å². The molecule has 1 aromatic carbocycles. The molecule has 3 N–H and O–H groups in total. The van der Waals surface area contributed by atoms with Gasteiger partial charge in [-0.2, -0.15) is 0 Å². The molecular formula is C11H12N2O2S. The van der Waals surface area contributed by atoms with Gasteiger partial charge in [-0.25, -0.2) is 0 Å². The van der Waals surface area contributed by atoms with Crippen LogP contribution in [-0.2, 0) is 4.79 Å². The fourth-order valence-corrected chi connectivity index (χ4v) is 2.29. The zero-order valence-corrected chi connectivity index (χ0v) is 9.54. The van der Waals surface area contributed by atoms with E-state index in [0.717, 1.165) is 15.6 Å². The fraction of sp³-hybridized carbons (Fsp3) is 0.182. The van der Waals surface area contributed by atoms with Gasteiger partial charge in [0, 0.05) is 11.1 Å². The van der Waals surface area contributed by atoms with Gasteiger partial charge < -0.3 is 15.7 Å². The van der Waals surface area contributed by atoms with E-state index in [-0.39, 0.29) is 0 Å². The van der Waals surface area contributed by atoms with Crippen molar-refractivity contribution >= 4 is 23.4 Å². The first-order valence-electron chi connectivity index (χ1n) is 4.90. The van der Waals surface area contributed by atoms with Crippen molar-refractivity contribution in [1.29, 1.82) is 0 Å². The van der Waals surface area contributed by atoms with Crippen molar-refractivity contribution < 1.29 is 9.90 Å². The minimum atomic E-state index is -0.861. The quantitative estimate of drug-likeness (QED) is 0.750. The zero-order valence-electron chi connectivity index (χ0n) is 8.73. The lowest BCUT2D eigenvalue weighted by atomic mass is 10.3. The molecule has 1 heterocycles. The molecule has 0 bridgehead atoms. The molecule has 16 heavy (non-hydrogen) atoms. The number of thioether (sulfide) groups is 1. The third kappa shape index (κ3) is 2.30. The van der Waals surface area contributed by atoms with Crippen LogP contribution in [-0.4, -0.2) is 17.1 Å². The smallest absolute Gasteiger partial charge is 0.325 e. The molecule has 4 nitrogen and oxygen atoms in total. The lowest BCUT2D eigenvalue weighted by Gasteiger charge is -2.20. The molecule has 1 aliphatic rings. The second-order valence-corrected chi connectivity index (χ2v) is 4.54. The van der Waals surface area contributed by atoms with Crippen molar-refractivity contribution in [3.05, 3.63) is 35.5 Å². The molecule has 0 saturated heterocycles. The van der Waals surface area contributed by atoms with Crippen LogP contribution in [0.4, 0.5) is 5.69 Å². The van der Waals surface area contributed by atoms with Crippen LogP contribution in [0.5, 0.6) is 0 Å². The van der Waals surface area contributed by atoms with Crippen LogP contribution in [0.2, 0.25) is 0 Å². The monoisotopic (exact) mass is 236 g/mol. The number of carboxylic acids is 1. The standard InChI is InChI=1S/C11H12N2O2S/c1-7(11(14)15)13-10-6-12-8-4-2-3-5-9(8)16-10/h2-7,12-13H,1H3,(H,14,15)/t7-/m0/s1. The number of benzene rings is 1. The minimum Gasteiger partial charge on any atom is -0.480 e. The molecule has 1 atom stereocenters. The number of hydrogen-bond donors (Lipinski definition) is 3. The molecule has 1 aromatic rings. The minimum absolute atomic E-state index is 0.592. The molecule has 2 rings (SSSR count). The van der Waals surface area contributed by atoms with Gasteiger partial charge in [-0.1, -0.05) is 23.9 Å². The third-order valence-electron chi connectivity index (χ3n) is 2.19. The molecule has 0 saturated carbocycles. The van der Waals surface area contributed by atoms with Gasteiger partial charge in [0.2, 0.25) is 0 Å². The van der Waals surface area contributed by atoms with Crippen LogP contribution >= 0.6 is 11.8 Å². The van der Waals surface area contributed by atoms with E-state index in [2.05, 4.69) is 10.6 Å². The molecule has 0 fully saturated rings. The average Bonchev–Trinajstić information content (AvgIpc) is 2.28. The maximum Gasteiger partial charge on any atom is 0.325 e. The summed E-state index contributed by atoms with van der Waals surface area (Å²) >= 11 is 1.53. The number of para-hydroxylation sites is 1. The first kappa shape index (κ1) is 10.9. The Balaban J connectivity index is 2.07. The Bertz CT molecular complexity index is 445. The highest BCUT2D eigenvalue weighted by atomic mass is 32.2. The number of aliphatic carboxylic acids is 1. The highest BCUT2D eigenvalue weighted by molar-refractivity contribution is 8.03. The molecule has 0 radical (unpaired) electrons. The Labute approximate surface area is 97.7 Å². The van der Waals surface area contributed by atoms with Crippen molar-refractivity contribution in [1.82, 2.24) is 5.32 Å². The van der Waals surface area contributed by atoms with Crippen LogP contribution in [0.1, 0.15) is 6.92 Å². The summed E-state index contributed by atoms with van der Waals surface area (Å²) < 4.78 is 0. The maximum absolute atomic E-state index is 10.7. The summed E-state index contributed by atoms with van der Waals surface area (Å²) in [5.74, 6) is -0.861. The van der Waals surface area contributed by atoms with E-state index in [4.69, 9.17) is 5.11 Å². The average molecular weight is 236 g/mol. The second-order valence-electron chi connectivity index (χ2n) is 3.46. The van der Waals surface area contributed by atoms with Crippen molar-refractivity contribution in [3.8, 4) is 0 Å². The number of carboxylic acid groups (broad SMARTS) is 1. The van der Waals surface area contributed by atoms with E-state index in [1.165, 1.54) is 11.8 Å². The Hall–Kier alpha value is -1.62. The maximum atomic E-state index is 10.7. The van der Waals surface area contributed by atoms with Crippen molar-refractivity contribution in [2.24, 2.45) is 0 Å². The molecule has 0 aromatic heterocycles. The third-order valence-corrected chi connectivity index (χ3v) is 3.23. The Morgan fingerprint density at radius 3 is 3.00 bits per heavy atom. The predicted octanol–water partition coefficient (Wildman–Crippen LogP) is 2.07. The number of rotatable bonds is 3. The van der Waals surface area contributed by atoms with Gasteiger partial charge in [-0.15, -0.1) is 0 Å². The fourth-order valence-electron chi connectivity index (χ4n) is 1.31. The summed E-state index contributed by atoms with van der Waals surface area (Å²) in [7, 11) is 0. The SMILES string of the molecule is C[C@H](NC1=CNc2ccccc2S1)C(=O)O. The van der Waals surface area contributed by atoms with E-state index in [0.29, 0.717) is 0 Å². The Morgan fingerprint density at radius 2 is 2.25 bits per heavy atom. The van der Waals surface area contributed by atoms with Crippen LogP contribution in [0.3, 0.4) is 0 Å². The Kier molecular flexibility index (Phi) is 3.05. The Morgan fingerprint density at radius 1 is 1.50 bits per heavy atom. The number of carbonyl (C=O) groups is 1. The van der Waals surface area contributed by atoms with E-state index in [9.17, 15) is 4.79 Å². The van der Waals surface area contributed by atoms with E-state index in [1.807, 2.05) is 24.3 Å². The first-order chi connectivity index (χ1) is 7.66. The van der Waals surface area contributed by atoms with E-state index in [1.54, 1.807) is 13.1 Å². The van der Waals surface area contributed by atoms with Gasteiger partial charge in [0.1, 0.15) is 6.04 Å². The lowest BCUT2D eigenvalue weighted by molar-refractivity contribution is -0.138. The van der Waals surface area contributed by atoms with Gasteiger partial charge >= 0.3 is 5.97 Å². The van der Waals surface area contributed by atoms with Gasteiger partial charge in [0.05, 0.1) is 10.7 Å². The van der Waals surface area contributed by atoms with Crippen LogP contribution in [0, 0.1) is 0 Å². The van der Waals surface area contributed by atoms with Gasteiger partial charge in [0.25, 0.3) is 0 Å². The van der Waals surface area contributed by atoms with E-state index < -0.39 is 12.0 Å². The number of nitrogens with one attached hydrogen (secondary N) is 2. The van der Waals surface area contributed by atoms with Crippen LogP contribution in [0.15, 0.2) is 40.4 Å². The van der Waals surface area contributed by atoms with Crippen molar-refractivity contribution in [2.75, 3.05) is 5.32 Å². The summed E-state index contributed by atoms with van der Waals surface area (Å²) in [6.07, 6.45) is 1.78. The zero-order chi connectivity index (χ0) is 11.5. The van der Waals surface area contributed by atoms with Crippen molar-refractivity contribution in [2.45, 2.75) is 17.9 Å². The molecule has 0 amide bonds. The predicted molar refractivity (Wildman–Crippen MR) is 64.2 cm³/mol. The van der Waals surface area contributed by atoms with Crippen molar-refractivity contribution in [3.63, 3.8) is 0 Å². The number of anilines is 1. The molecule has 1 aliphatic heterocycles. The largest absolute Gasteiger partial charge is 0.480 e. The molecule has 5 heteroatoms. The molecular weight excluding hydrogens is 224 g/mol. The summed E-state index contributed by atoms with van der Waals surface area (Å²) in [6.45, 7) is 1.62. The lowest BCUT2D eigenvalue weighted by Crippen LogP contribution is -2.32. The van der Waals surface area contributed by atoms with Crippen LogP contribution in [0.25, 0.3) is 0 Å². The molecule has 0 spiro atoms. The molecule has 0 unspecified atom stereocenters. The summed E-state index contributed by atoms with van der Waals surface area (Å²) in [4.78, 5) is 11.8. The number of hydrogen-bond acceptors (Lipinski definition) is 4. The van der Waals surface area contributed by atoms with Gasteiger partial charge in [0.15, 0.2) is 0 Å². The first-order valence-corrected chi connectivity index (χ1v) is 5.71. The highest BCUT2D eigenvalue weighted by Gasteiger charge is 2.16. The summed E-state index contributed by atoms with van der Waals surface area (Å²) in [5, 5.41) is 15.6. The number of fused-ring (bicyclic) bond motifs is 1. The molecule has 0 aliphatic carbocycles. The summed E-state index contributed by atoms with van der Waals surface area (Å²) in [6, 6.07) is 7.30. The second kappa shape index (κ2) is 4.49. The molecule has 84 valence electrons. The normalized spacial score (nSPS) is 15.4. The van der Waals surface area contributed by atoms with Crippen LogP contribution < -0.4 is 10.6 Å².